The van der Waals surface area contributed by atoms with Crippen LogP contribution in [0.25, 0.3) is 0 Å². The van der Waals surface area contributed by atoms with Crippen molar-refractivity contribution in [3.8, 4) is 0 Å². The number of aryl methyl sites for hydroxylation is 1. The van der Waals surface area contributed by atoms with E-state index in [1.807, 2.05) is 0 Å². The van der Waals surface area contributed by atoms with Gasteiger partial charge in [-0.2, -0.15) is 0 Å². The van der Waals surface area contributed by atoms with Gasteiger partial charge in [0.05, 0.1) is 6.61 Å². The molecular formula is C16H28N2O2. The number of benzene rings is 1. The van der Waals surface area contributed by atoms with E-state index in [-0.39, 0.29) is 0 Å². The molecule has 0 heterocycles. The molecule has 0 aromatic heterocycles. The third-order valence-corrected chi connectivity index (χ3v) is 3.38. The lowest BCUT2D eigenvalue weighted by Gasteiger charge is -2.26. The lowest BCUT2D eigenvalue weighted by Crippen LogP contribution is -2.29. The number of methoxy groups -OCH3 is 2. The Morgan fingerprint density at radius 2 is 1.85 bits per heavy atom. The van der Waals surface area contributed by atoms with Crippen LogP contribution in [0.5, 0.6) is 0 Å². The monoisotopic (exact) mass is 280 g/mol. The summed E-state index contributed by atoms with van der Waals surface area (Å²) in [6.45, 7) is 6.25. The van der Waals surface area contributed by atoms with Gasteiger partial charge in [-0.3, -0.25) is 0 Å². The molecule has 0 unspecified atom stereocenters. The number of anilines is 1. The summed E-state index contributed by atoms with van der Waals surface area (Å²) in [5, 5.41) is 0. The van der Waals surface area contributed by atoms with E-state index in [4.69, 9.17) is 15.2 Å². The van der Waals surface area contributed by atoms with Gasteiger partial charge < -0.3 is 20.1 Å². The summed E-state index contributed by atoms with van der Waals surface area (Å²) in [4.78, 5) is 2.37. The van der Waals surface area contributed by atoms with E-state index in [0.29, 0.717) is 6.54 Å². The molecule has 4 heteroatoms. The van der Waals surface area contributed by atoms with E-state index >= 15 is 0 Å². The standard InChI is InChI=1S/C16H28N2O2/c1-14-13-15(7-8-17)5-6-16(14)18(10-12-20-3)9-4-11-19-2/h5-6,13H,4,7-12,17H2,1-3H3. The predicted octanol–water partition coefficient (Wildman–Crippen LogP) is 1.99. The van der Waals surface area contributed by atoms with Gasteiger partial charge in [0.25, 0.3) is 0 Å². The molecular weight excluding hydrogens is 252 g/mol. The van der Waals surface area contributed by atoms with Gasteiger partial charge >= 0.3 is 0 Å². The van der Waals surface area contributed by atoms with Crippen LogP contribution in [0.2, 0.25) is 0 Å². The molecule has 4 nitrogen and oxygen atoms in total. The third kappa shape index (κ3) is 5.49. The Morgan fingerprint density at radius 3 is 2.45 bits per heavy atom. The van der Waals surface area contributed by atoms with Gasteiger partial charge in [-0.1, -0.05) is 12.1 Å². The summed E-state index contributed by atoms with van der Waals surface area (Å²) in [6.07, 6.45) is 1.95. The molecule has 20 heavy (non-hydrogen) atoms. The van der Waals surface area contributed by atoms with E-state index in [1.165, 1.54) is 16.8 Å². The van der Waals surface area contributed by atoms with Crippen molar-refractivity contribution in [1.82, 2.24) is 0 Å². The number of nitrogens with zero attached hydrogens (tertiary/aromatic N) is 1. The van der Waals surface area contributed by atoms with Gasteiger partial charge in [0.15, 0.2) is 0 Å². The highest BCUT2D eigenvalue weighted by atomic mass is 16.5. The molecule has 0 bridgehead atoms. The van der Waals surface area contributed by atoms with Crippen LogP contribution in [0, 0.1) is 6.92 Å². The highest BCUT2D eigenvalue weighted by Gasteiger charge is 2.09. The molecule has 0 radical (unpaired) electrons. The Hall–Kier alpha value is -1.10. The first-order chi connectivity index (χ1) is 9.72. The molecule has 1 rings (SSSR count). The van der Waals surface area contributed by atoms with Crippen LogP contribution < -0.4 is 10.6 Å². The number of ether oxygens (including phenoxy) is 2. The zero-order valence-corrected chi connectivity index (χ0v) is 13.0. The Balaban J connectivity index is 2.77. The molecule has 0 aliphatic rings. The second kappa shape index (κ2) is 9.75. The van der Waals surface area contributed by atoms with Gasteiger partial charge in [-0.25, -0.2) is 0 Å². The number of hydrogen-bond donors (Lipinski definition) is 1. The van der Waals surface area contributed by atoms with Crippen LogP contribution in [0.15, 0.2) is 18.2 Å². The van der Waals surface area contributed by atoms with Crippen molar-refractivity contribution in [2.24, 2.45) is 5.73 Å². The summed E-state index contributed by atoms with van der Waals surface area (Å²) in [5.41, 5.74) is 9.49. The SMILES string of the molecule is COCCCN(CCOC)c1ccc(CCN)cc1C. The van der Waals surface area contributed by atoms with Crippen molar-refractivity contribution in [2.75, 3.05) is 52.0 Å². The Morgan fingerprint density at radius 1 is 1.10 bits per heavy atom. The largest absolute Gasteiger partial charge is 0.385 e. The maximum atomic E-state index is 5.61. The van der Waals surface area contributed by atoms with Gasteiger partial charge in [0.2, 0.25) is 0 Å². The second-order valence-electron chi connectivity index (χ2n) is 4.99. The molecule has 0 fully saturated rings. The Kier molecular flexibility index (Phi) is 8.26. The summed E-state index contributed by atoms with van der Waals surface area (Å²) in [5.74, 6) is 0. The van der Waals surface area contributed by atoms with Gasteiger partial charge in [0.1, 0.15) is 0 Å². The van der Waals surface area contributed by atoms with E-state index in [0.717, 1.165) is 39.1 Å². The van der Waals surface area contributed by atoms with Crippen LogP contribution in [0.4, 0.5) is 5.69 Å². The van der Waals surface area contributed by atoms with Crippen molar-refractivity contribution in [3.05, 3.63) is 29.3 Å². The average molecular weight is 280 g/mol. The minimum atomic E-state index is 0.694. The van der Waals surface area contributed by atoms with Gasteiger partial charge in [0, 0.05) is 39.6 Å². The van der Waals surface area contributed by atoms with Crippen molar-refractivity contribution in [1.29, 1.82) is 0 Å². The first-order valence-corrected chi connectivity index (χ1v) is 7.25. The fourth-order valence-electron chi connectivity index (χ4n) is 2.35. The van der Waals surface area contributed by atoms with Crippen molar-refractivity contribution >= 4 is 5.69 Å². The molecule has 0 saturated heterocycles. The highest BCUT2D eigenvalue weighted by Crippen LogP contribution is 2.21. The van der Waals surface area contributed by atoms with E-state index < -0.39 is 0 Å². The van der Waals surface area contributed by atoms with Crippen molar-refractivity contribution in [3.63, 3.8) is 0 Å². The molecule has 0 atom stereocenters. The lowest BCUT2D eigenvalue weighted by molar-refractivity contribution is 0.191. The summed E-state index contributed by atoms with van der Waals surface area (Å²) in [6, 6.07) is 6.60. The molecule has 1 aromatic carbocycles. The van der Waals surface area contributed by atoms with Gasteiger partial charge in [-0.05, 0) is 43.5 Å². The average Bonchev–Trinajstić information content (AvgIpc) is 2.44. The molecule has 0 saturated carbocycles. The van der Waals surface area contributed by atoms with E-state index in [2.05, 4.69) is 30.0 Å². The molecule has 0 aliphatic carbocycles. The van der Waals surface area contributed by atoms with Crippen molar-refractivity contribution < 1.29 is 9.47 Å². The van der Waals surface area contributed by atoms with E-state index in [1.54, 1.807) is 14.2 Å². The molecule has 0 amide bonds. The van der Waals surface area contributed by atoms with Crippen LogP contribution in [-0.2, 0) is 15.9 Å². The summed E-state index contributed by atoms with van der Waals surface area (Å²) >= 11 is 0. The smallest absolute Gasteiger partial charge is 0.0637 e. The molecule has 0 spiro atoms. The molecule has 114 valence electrons. The predicted molar refractivity (Wildman–Crippen MR) is 84.5 cm³/mol. The Labute approximate surface area is 122 Å². The van der Waals surface area contributed by atoms with Crippen LogP contribution in [-0.4, -0.2) is 47.1 Å². The highest BCUT2D eigenvalue weighted by molar-refractivity contribution is 5.54. The van der Waals surface area contributed by atoms with Crippen LogP contribution in [0.1, 0.15) is 17.5 Å². The number of hydrogen-bond acceptors (Lipinski definition) is 4. The van der Waals surface area contributed by atoms with Gasteiger partial charge in [-0.15, -0.1) is 0 Å². The topological polar surface area (TPSA) is 47.7 Å². The van der Waals surface area contributed by atoms with E-state index in [9.17, 15) is 0 Å². The maximum Gasteiger partial charge on any atom is 0.0637 e. The van der Waals surface area contributed by atoms with Crippen LogP contribution >= 0.6 is 0 Å². The Bertz CT molecular complexity index is 383. The first kappa shape index (κ1) is 17.0. The lowest BCUT2D eigenvalue weighted by atomic mass is 10.1. The normalized spacial score (nSPS) is 10.8. The number of nitrogens with two attached hydrogens (primary N) is 1. The minimum absolute atomic E-state index is 0.694. The fraction of sp³-hybridized carbons (Fsp3) is 0.625. The molecule has 1 aromatic rings. The molecule has 0 aliphatic heterocycles. The zero-order valence-electron chi connectivity index (χ0n) is 13.0. The van der Waals surface area contributed by atoms with Crippen molar-refractivity contribution in [2.45, 2.75) is 19.8 Å². The maximum absolute atomic E-state index is 5.61. The summed E-state index contributed by atoms with van der Waals surface area (Å²) < 4.78 is 10.4. The third-order valence-electron chi connectivity index (χ3n) is 3.38. The zero-order chi connectivity index (χ0) is 14.8. The minimum Gasteiger partial charge on any atom is -0.385 e. The quantitative estimate of drug-likeness (QED) is 0.666. The first-order valence-electron chi connectivity index (χ1n) is 7.25. The molecule has 2 N–H and O–H groups in total. The number of rotatable bonds is 10. The summed E-state index contributed by atoms with van der Waals surface area (Å²) in [7, 11) is 3.48. The van der Waals surface area contributed by atoms with Crippen LogP contribution in [0.3, 0.4) is 0 Å². The fourth-order valence-corrected chi connectivity index (χ4v) is 2.35. The second-order valence-corrected chi connectivity index (χ2v) is 4.99.